The lowest BCUT2D eigenvalue weighted by Gasteiger charge is -2.42. The summed E-state index contributed by atoms with van der Waals surface area (Å²) >= 11 is 0. The van der Waals surface area contributed by atoms with Gasteiger partial charge in [0.2, 0.25) is 0 Å². The van der Waals surface area contributed by atoms with Crippen LogP contribution in [0.1, 0.15) is 0 Å². The van der Waals surface area contributed by atoms with Crippen LogP contribution in [0, 0.1) is 0 Å². The molecule has 1 fully saturated rings. The van der Waals surface area contributed by atoms with Crippen molar-refractivity contribution in [2.45, 2.75) is 24.4 Å². The standard InChI is InChI=1S/C9H19NO5/c1-15-3-2-10-4-7(12)9(14)8(13)6(10)5-11/h6-9,11-14H,2-5H2,1H3/t6?,7?,8-,9-/m1/s1. The van der Waals surface area contributed by atoms with Crippen molar-refractivity contribution in [3.05, 3.63) is 0 Å². The number of aliphatic hydroxyl groups is 4. The summed E-state index contributed by atoms with van der Waals surface area (Å²) < 4.78 is 4.89. The molecule has 1 rings (SSSR count). The van der Waals surface area contributed by atoms with Crippen LogP contribution in [0.5, 0.6) is 0 Å². The van der Waals surface area contributed by atoms with Gasteiger partial charge in [-0.25, -0.2) is 0 Å². The van der Waals surface area contributed by atoms with Crippen molar-refractivity contribution in [2.24, 2.45) is 0 Å². The lowest BCUT2D eigenvalue weighted by Crippen LogP contribution is -2.62. The average molecular weight is 221 g/mol. The molecule has 1 saturated heterocycles. The first-order chi connectivity index (χ1) is 7.11. The molecule has 90 valence electrons. The quantitative estimate of drug-likeness (QED) is 0.416. The van der Waals surface area contributed by atoms with Gasteiger partial charge in [-0.1, -0.05) is 0 Å². The third kappa shape index (κ3) is 2.87. The van der Waals surface area contributed by atoms with E-state index in [2.05, 4.69) is 0 Å². The molecule has 2 unspecified atom stereocenters. The van der Waals surface area contributed by atoms with Crippen molar-refractivity contribution in [3.63, 3.8) is 0 Å². The number of β-amino-alcohol motifs (C(OH)–C–C–N with tert-alkyl or cyclic N) is 1. The molecule has 6 nitrogen and oxygen atoms in total. The second-order valence-electron chi connectivity index (χ2n) is 3.79. The Bertz CT molecular complexity index is 191. The van der Waals surface area contributed by atoms with E-state index < -0.39 is 24.4 Å². The SMILES string of the molecule is COCCN1CC(O)[C@@H](O)[C@H](O)C1CO. The minimum absolute atomic E-state index is 0.229. The summed E-state index contributed by atoms with van der Waals surface area (Å²) in [6.07, 6.45) is -3.31. The third-order valence-corrected chi connectivity index (χ3v) is 2.80. The second kappa shape index (κ2) is 5.74. The van der Waals surface area contributed by atoms with Gasteiger partial charge in [-0.15, -0.1) is 0 Å². The lowest BCUT2D eigenvalue weighted by molar-refractivity contribution is -0.147. The molecule has 4 atom stereocenters. The van der Waals surface area contributed by atoms with Gasteiger partial charge < -0.3 is 25.2 Å². The number of piperidine rings is 1. The molecule has 1 aliphatic rings. The highest BCUT2D eigenvalue weighted by molar-refractivity contribution is 4.93. The van der Waals surface area contributed by atoms with Crippen LogP contribution in [-0.2, 0) is 4.74 Å². The number of aliphatic hydroxyl groups excluding tert-OH is 4. The number of ether oxygens (including phenoxy) is 1. The smallest absolute Gasteiger partial charge is 0.109 e. The molecule has 0 bridgehead atoms. The minimum atomic E-state index is -1.19. The van der Waals surface area contributed by atoms with E-state index in [9.17, 15) is 15.3 Å². The van der Waals surface area contributed by atoms with Gasteiger partial charge in [-0.2, -0.15) is 0 Å². The van der Waals surface area contributed by atoms with Crippen molar-refractivity contribution in [2.75, 3.05) is 33.4 Å². The van der Waals surface area contributed by atoms with Crippen molar-refractivity contribution < 1.29 is 25.2 Å². The minimum Gasteiger partial charge on any atom is -0.395 e. The molecule has 4 N–H and O–H groups in total. The highest BCUT2D eigenvalue weighted by Crippen LogP contribution is 2.18. The first-order valence-corrected chi connectivity index (χ1v) is 4.99. The predicted molar refractivity (Wildman–Crippen MR) is 52.3 cm³/mol. The zero-order chi connectivity index (χ0) is 11.4. The van der Waals surface area contributed by atoms with Crippen LogP contribution < -0.4 is 0 Å². The van der Waals surface area contributed by atoms with Crippen LogP contribution in [0.4, 0.5) is 0 Å². The van der Waals surface area contributed by atoms with E-state index in [1.165, 1.54) is 0 Å². The van der Waals surface area contributed by atoms with Gasteiger partial charge >= 0.3 is 0 Å². The Hall–Kier alpha value is -0.240. The van der Waals surface area contributed by atoms with Crippen molar-refractivity contribution in [3.8, 4) is 0 Å². The number of rotatable bonds is 4. The van der Waals surface area contributed by atoms with Crippen molar-refractivity contribution in [1.82, 2.24) is 4.90 Å². The topological polar surface area (TPSA) is 93.4 Å². The molecule has 0 radical (unpaired) electrons. The van der Waals surface area contributed by atoms with Crippen LogP contribution in [0.3, 0.4) is 0 Å². The predicted octanol–water partition coefficient (Wildman–Crippen LogP) is -2.61. The molecule has 0 aromatic rings. The Morgan fingerprint density at radius 1 is 1.27 bits per heavy atom. The molecule has 1 aliphatic heterocycles. The van der Waals surface area contributed by atoms with Gasteiger partial charge in [0.25, 0.3) is 0 Å². The van der Waals surface area contributed by atoms with Crippen molar-refractivity contribution in [1.29, 1.82) is 0 Å². The molecule has 1 heterocycles. The van der Waals surface area contributed by atoms with E-state index in [4.69, 9.17) is 9.84 Å². The monoisotopic (exact) mass is 221 g/mol. The first-order valence-electron chi connectivity index (χ1n) is 4.99. The summed E-state index contributed by atoms with van der Waals surface area (Å²) in [5, 5.41) is 37.6. The Morgan fingerprint density at radius 3 is 2.47 bits per heavy atom. The van der Waals surface area contributed by atoms with Crippen LogP contribution in [0.15, 0.2) is 0 Å². The Morgan fingerprint density at radius 2 is 1.93 bits per heavy atom. The van der Waals surface area contributed by atoms with Crippen LogP contribution in [0.2, 0.25) is 0 Å². The van der Waals surface area contributed by atoms with Gasteiger partial charge in [0.15, 0.2) is 0 Å². The molecular formula is C9H19NO5. The molecule has 0 amide bonds. The zero-order valence-corrected chi connectivity index (χ0v) is 8.78. The largest absolute Gasteiger partial charge is 0.395 e. The zero-order valence-electron chi connectivity index (χ0n) is 8.78. The fraction of sp³-hybridized carbons (Fsp3) is 1.00. The van der Waals surface area contributed by atoms with E-state index >= 15 is 0 Å². The summed E-state index contributed by atoms with van der Waals surface area (Å²) in [4.78, 5) is 1.71. The van der Waals surface area contributed by atoms with Gasteiger partial charge in [-0.05, 0) is 0 Å². The van der Waals surface area contributed by atoms with Gasteiger partial charge in [0, 0.05) is 20.2 Å². The Kier molecular flexibility index (Phi) is 4.91. The van der Waals surface area contributed by atoms with Crippen LogP contribution in [0.25, 0.3) is 0 Å². The Balaban J connectivity index is 2.60. The molecule has 0 aliphatic carbocycles. The summed E-state index contributed by atoms with van der Waals surface area (Å²) in [6.45, 7) is 0.927. The summed E-state index contributed by atoms with van der Waals surface area (Å²) in [5.41, 5.74) is 0. The van der Waals surface area contributed by atoms with E-state index in [0.717, 1.165) is 0 Å². The van der Waals surface area contributed by atoms with Crippen molar-refractivity contribution >= 4 is 0 Å². The number of nitrogens with zero attached hydrogens (tertiary/aromatic N) is 1. The maximum atomic E-state index is 9.63. The highest BCUT2D eigenvalue weighted by Gasteiger charge is 2.40. The third-order valence-electron chi connectivity index (χ3n) is 2.80. The first kappa shape index (κ1) is 12.8. The number of hydrogen-bond acceptors (Lipinski definition) is 6. The van der Waals surface area contributed by atoms with Gasteiger partial charge in [0.1, 0.15) is 12.2 Å². The maximum absolute atomic E-state index is 9.63. The number of hydrogen-bond donors (Lipinski definition) is 4. The highest BCUT2D eigenvalue weighted by atomic mass is 16.5. The molecule has 0 aromatic heterocycles. The summed E-state index contributed by atoms with van der Waals surface area (Å²) in [5.74, 6) is 0. The fourth-order valence-corrected chi connectivity index (χ4v) is 1.84. The van der Waals surface area contributed by atoms with Gasteiger partial charge in [-0.3, -0.25) is 4.90 Å². The fourth-order valence-electron chi connectivity index (χ4n) is 1.84. The average Bonchev–Trinajstić information content (AvgIpc) is 2.23. The maximum Gasteiger partial charge on any atom is 0.109 e. The Labute approximate surface area is 88.7 Å². The van der Waals surface area contributed by atoms with Crippen LogP contribution in [-0.4, -0.2) is 83.1 Å². The lowest BCUT2D eigenvalue weighted by atomic mass is 9.94. The van der Waals surface area contributed by atoms with Gasteiger partial charge in [0.05, 0.1) is 25.4 Å². The van der Waals surface area contributed by atoms with E-state index in [-0.39, 0.29) is 13.2 Å². The molecular weight excluding hydrogens is 202 g/mol. The normalized spacial score (nSPS) is 38.2. The van der Waals surface area contributed by atoms with E-state index in [1.54, 1.807) is 12.0 Å². The van der Waals surface area contributed by atoms with E-state index in [1.807, 2.05) is 0 Å². The second-order valence-corrected chi connectivity index (χ2v) is 3.79. The summed E-state index contributed by atoms with van der Waals surface area (Å²) in [7, 11) is 1.56. The summed E-state index contributed by atoms with van der Waals surface area (Å²) in [6, 6.07) is -0.543. The molecule has 0 saturated carbocycles. The van der Waals surface area contributed by atoms with Crippen LogP contribution >= 0.6 is 0 Å². The number of likely N-dealkylation sites (tertiary alicyclic amines) is 1. The number of methoxy groups -OCH3 is 1. The molecule has 6 heteroatoms. The van der Waals surface area contributed by atoms with E-state index in [0.29, 0.717) is 13.2 Å². The molecule has 0 aromatic carbocycles. The molecule has 15 heavy (non-hydrogen) atoms. The molecule has 0 spiro atoms.